The van der Waals surface area contributed by atoms with Crippen molar-refractivity contribution >= 4 is 23.2 Å². The fourth-order valence-corrected chi connectivity index (χ4v) is 3.32. The van der Waals surface area contributed by atoms with E-state index in [0.717, 1.165) is 48.8 Å². The fourth-order valence-electron chi connectivity index (χ4n) is 3.32. The van der Waals surface area contributed by atoms with E-state index in [1.807, 2.05) is 62.4 Å². The van der Waals surface area contributed by atoms with Gasteiger partial charge in [0.25, 0.3) is 0 Å². The Morgan fingerprint density at radius 2 is 1.69 bits per heavy atom. The molecule has 2 aromatic rings. The van der Waals surface area contributed by atoms with Crippen LogP contribution in [0.5, 0.6) is 0 Å². The molecule has 0 unspecified atom stereocenters. The lowest BCUT2D eigenvalue weighted by Crippen LogP contribution is -2.38. The van der Waals surface area contributed by atoms with Gasteiger partial charge in [0.2, 0.25) is 11.8 Å². The minimum atomic E-state index is -0.191. The molecule has 1 aliphatic rings. The summed E-state index contributed by atoms with van der Waals surface area (Å²) in [5.41, 5.74) is 3.97. The molecule has 154 valence electrons. The van der Waals surface area contributed by atoms with E-state index in [0.29, 0.717) is 13.0 Å². The van der Waals surface area contributed by atoms with Crippen molar-refractivity contribution in [3.63, 3.8) is 0 Å². The number of amides is 2. The van der Waals surface area contributed by atoms with Gasteiger partial charge in [0.15, 0.2) is 0 Å². The lowest BCUT2D eigenvalue weighted by Gasteiger charge is -2.29. The van der Waals surface area contributed by atoms with Crippen molar-refractivity contribution in [2.75, 3.05) is 49.6 Å². The molecule has 3 rings (SSSR count). The summed E-state index contributed by atoms with van der Waals surface area (Å²) in [7, 11) is 0. The SMILES string of the molecule is CCN(CC(=O)Nc1ccc(N2CCOCC2)cc1)C(=O)Cc1ccc(C)cc1. The highest BCUT2D eigenvalue weighted by molar-refractivity contribution is 5.94. The lowest BCUT2D eigenvalue weighted by molar-refractivity contribution is -0.133. The number of hydrogen-bond acceptors (Lipinski definition) is 4. The van der Waals surface area contributed by atoms with Crippen LogP contribution in [0.3, 0.4) is 0 Å². The van der Waals surface area contributed by atoms with Crippen LogP contribution in [-0.2, 0) is 20.7 Å². The maximum Gasteiger partial charge on any atom is 0.243 e. The fraction of sp³-hybridized carbons (Fsp3) is 0.391. The third kappa shape index (κ3) is 6.06. The number of likely N-dealkylation sites (N-methyl/N-ethyl adjacent to an activating group) is 1. The van der Waals surface area contributed by atoms with E-state index >= 15 is 0 Å². The Hall–Kier alpha value is -2.86. The molecular formula is C23H29N3O3. The predicted octanol–water partition coefficient (Wildman–Crippen LogP) is 2.86. The number of aryl methyl sites for hydroxylation is 1. The molecule has 1 saturated heterocycles. The Morgan fingerprint density at radius 3 is 2.31 bits per heavy atom. The zero-order valence-electron chi connectivity index (χ0n) is 17.2. The summed E-state index contributed by atoms with van der Waals surface area (Å²) < 4.78 is 5.38. The van der Waals surface area contributed by atoms with Gasteiger partial charge in [-0.3, -0.25) is 9.59 Å². The number of nitrogens with one attached hydrogen (secondary N) is 1. The van der Waals surface area contributed by atoms with Gasteiger partial charge in [0.05, 0.1) is 26.2 Å². The number of benzene rings is 2. The molecule has 29 heavy (non-hydrogen) atoms. The van der Waals surface area contributed by atoms with E-state index in [9.17, 15) is 9.59 Å². The molecule has 0 spiro atoms. The second-order valence-corrected chi connectivity index (χ2v) is 7.26. The van der Waals surface area contributed by atoms with Crippen molar-refractivity contribution in [1.82, 2.24) is 4.90 Å². The molecule has 0 aromatic heterocycles. The summed E-state index contributed by atoms with van der Waals surface area (Å²) in [4.78, 5) is 28.8. The molecule has 2 amide bonds. The molecule has 6 heteroatoms. The highest BCUT2D eigenvalue weighted by Crippen LogP contribution is 2.19. The van der Waals surface area contributed by atoms with Gasteiger partial charge in [-0.15, -0.1) is 0 Å². The highest BCUT2D eigenvalue weighted by atomic mass is 16.5. The van der Waals surface area contributed by atoms with Crippen molar-refractivity contribution in [1.29, 1.82) is 0 Å². The van der Waals surface area contributed by atoms with Gasteiger partial charge in [-0.25, -0.2) is 0 Å². The molecule has 0 bridgehead atoms. The Bertz CT molecular complexity index is 812. The number of nitrogens with zero attached hydrogens (tertiary/aromatic N) is 2. The van der Waals surface area contributed by atoms with Crippen LogP contribution in [-0.4, -0.2) is 56.1 Å². The van der Waals surface area contributed by atoms with Crippen molar-refractivity contribution in [2.24, 2.45) is 0 Å². The van der Waals surface area contributed by atoms with Crippen molar-refractivity contribution < 1.29 is 14.3 Å². The van der Waals surface area contributed by atoms with Gasteiger partial charge in [-0.2, -0.15) is 0 Å². The average molecular weight is 396 g/mol. The van der Waals surface area contributed by atoms with E-state index in [-0.39, 0.29) is 18.4 Å². The van der Waals surface area contributed by atoms with Crippen LogP contribution in [0.25, 0.3) is 0 Å². The van der Waals surface area contributed by atoms with Crippen LogP contribution < -0.4 is 10.2 Å². The van der Waals surface area contributed by atoms with Crippen molar-refractivity contribution in [2.45, 2.75) is 20.3 Å². The number of morpholine rings is 1. The second-order valence-electron chi connectivity index (χ2n) is 7.26. The molecule has 0 saturated carbocycles. The normalized spacial score (nSPS) is 13.8. The van der Waals surface area contributed by atoms with Crippen LogP contribution in [0.15, 0.2) is 48.5 Å². The number of rotatable bonds is 7. The monoisotopic (exact) mass is 395 g/mol. The average Bonchev–Trinajstić information content (AvgIpc) is 2.74. The number of hydrogen-bond donors (Lipinski definition) is 1. The number of carbonyl (C=O) groups excluding carboxylic acids is 2. The van der Waals surface area contributed by atoms with E-state index < -0.39 is 0 Å². The van der Waals surface area contributed by atoms with E-state index in [1.54, 1.807) is 4.90 Å². The molecule has 0 atom stereocenters. The summed E-state index contributed by atoms with van der Waals surface area (Å²) in [6, 6.07) is 15.7. The molecule has 1 N–H and O–H groups in total. The number of ether oxygens (including phenoxy) is 1. The first-order valence-corrected chi connectivity index (χ1v) is 10.1. The zero-order valence-corrected chi connectivity index (χ0v) is 17.2. The van der Waals surface area contributed by atoms with Gasteiger partial charge >= 0.3 is 0 Å². The smallest absolute Gasteiger partial charge is 0.243 e. The van der Waals surface area contributed by atoms with Crippen LogP contribution in [0.1, 0.15) is 18.1 Å². The summed E-state index contributed by atoms with van der Waals surface area (Å²) in [5, 5.41) is 2.89. The minimum absolute atomic E-state index is 0.0471. The topological polar surface area (TPSA) is 61.9 Å². The summed E-state index contributed by atoms with van der Waals surface area (Å²) in [6.45, 7) is 7.67. The third-order valence-corrected chi connectivity index (χ3v) is 5.07. The van der Waals surface area contributed by atoms with Crippen LogP contribution >= 0.6 is 0 Å². The third-order valence-electron chi connectivity index (χ3n) is 5.07. The van der Waals surface area contributed by atoms with Gasteiger partial charge in [0, 0.05) is 31.0 Å². The molecule has 1 heterocycles. The quantitative estimate of drug-likeness (QED) is 0.783. The first kappa shape index (κ1) is 20.9. The lowest BCUT2D eigenvalue weighted by atomic mass is 10.1. The van der Waals surface area contributed by atoms with Gasteiger partial charge in [0.1, 0.15) is 0 Å². The van der Waals surface area contributed by atoms with Crippen molar-refractivity contribution in [3.8, 4) is 0 Å². The van der Waals surface area contributed by atoms with E-state index in [2.05, 4.69) is 10.2 Å². The first-order chi connectivity index (χ1) is 14.0. The first-order valence-electron chi connectivity index (χ1n) is 10.1. The number of anilines is 2. The Labute approximate surface area is 172 Å². The summed E-state index contributed by atoms with van der Waals surface area (Å²) in [6.07, 6.45) is 0.301. The molecule has 6 nitrogen and oxygen atoms in total. The Balaban J connectivity index is 1.52. The van der Waals surface area contributed by atoms with Crippen LogP contribution in [0, 0.1) is 6.92 Å². The maximum atomic E-state index is 12.6. The van der Waals surface area contributed by atoms with Gasteiger partial charge in [-0.1, -0.05) is 29.8 Å². The highest BCUT2D eigenvalue weighted by Gasteiger charge is 2.16. The van der Waals surface area contributed by atoms with Crippen LogP contribution in [0.2, 0.25) is 0 Å². The molecule has 0 aliphatic carbocycles. The molecule has 1 aliphatic heterocycles. The van der Waals surface area contributed by atoms with E-state index in [1.165, 1.54) is 0 Å². The maximum absolute atomic E-state index is 12.6. The predicted molar refractivity (Wildman–Crippen MR) is 115 cm³/mol. The standard InChI is InChI=1S/C23H29N3O3/c1-3-25(23(28)16-19-6-4-18(2)5-7-19)17-22(27)24-20-8-10-21(11-9-20)26-12-14-29-15-13-26/h4-11H,3,12-17H2,1-2H3,(H,24,27). The minimum Gasteiger partial charge on any atom is -0.378 e. The largest absolute Gasteiger partial charge is 0.378 e. The molecule has 0 radical (unpaired) electrons. The summed E-state index contributed by atoms with van der Waals surface area (Å²) in [5.74, 6) is -0.239. The zero-order chi connectivity index (χ0) is 20.6. The molecule has 1 fully saturated rings. The molecule has 2 aromatic carbocycles. The van der Waals surface area contributed by atoms with Crippen LogP contribution in [0.4, 0.5) is 11.4 Å². The van der Waals surface area contributed by atoms with Gasteiger partial charge < -0.3 is 19.9 Å². The van der Waals surface area contributed by atoms with Gasteiger partial charge in [-0.05, 0) is 43.7 Å². The Kier molecular flexibility index (Phi) is 7.25. The molecular weight excluding hydrogens is 366 g/mol. The van der Waals surface area contributed by atoms with Crippen molar-refractivity contribution in [3.05, 3.63) is 59.7 Å². The van der Waals surface area contributed by atoms with E-state index in [4.69, 9.17) is 4.74 Å². The number of carbonyl (C=O) groups is 2. The summed E-state index contributed by atoms with van der Waals surface area (Å²) >= 11 is 0. The second kappa shape index (κ2) is 10.1. The Morgan fingerprint density at radius 1 is 1.03 bits per heavy atom.